The third kappa shape index (κ3) is 6.04. The number of piperidine rings is 1. The van der Waals surface area contributed by atoms with E-state index in [0.29, 0.717) is 34.1 Å². The van der Waals surface area contributed by atoms with Crippen LogP contribution in [0.25, 0.3) is 5.69 Å². The Hall–Kier alpha value is -2.71. The molecule has 4 rings (SSSR count). The number of likely N-dealkylation sites (tertiary alicyclic amines) is 1. The van der Waals surface area contributed by atoms with Crippen LogP contribution in [0, 0.1) is 0 Å². The van der Waals surface area contributed by atoms with Crippen molar-refractivity contribution < 1.29 is 14.3 Å². The van der Waals surface area contributed by atoms with Gasteiger partial charge in [0.2, 0.25) is 5.91 Å². The smallest absolute Gasteiger partial charge is 0.233 e. The molecule has 2 aromatic carbocycles. The van der Waals surface area contributed by atoms with Crippen molar-refractivity contribution in [3.8, 4) is 17.2 Å². The molecule has 0 radical (unpaired) electrons. The minimum absolute atomic E-state index is 0.134. The van der Waals surface area contributed by atoms with Crippen molar-refractivity contribution in [3.63, 3.8) is 0 Å². The first-order valence-corrected chi connectivity index (χ1v) is 12.9. The summed E-state index contributed by atoms with van der Waals surface area (Å²) in [6, 6.07) is 15.2. The van der Waals surface area contributed by atoms with Gasteiger partial charge in [-0.1, -0.05) is 23.4 Å². The van der Waals surface area contributed by atoms with E-state index < -0.39 is 0 Å². The van der Waals surface area contributed by atoms with Crippen LogP contribution in [0.4, 0.5) is 0 Å². The fourth-order valence-electron chi connectivity index (χ4n) is 3.96. The second-order valence-electron chi connectivity index (χ2n) is 8.12. The molecule has 1 atom stereocenters. The zero-order valence-corrected chi connectivity index (χ0v) is 21.0. The van der Waals surface area contributed by atoms with Gasteiger partial charge in [-0.05, 0) is 81.6 Å². The molecule has 1 aliphatic rings. The van der Waals surface area contributed by atoms with Crippen LogP contribution < -0.4 is 9.47 Å². The van der Waals surface area contributed by atoms with E-state index in [0.717, 1.165) is 30.8 Å². The van der Waals surface area contributed by atoms with Crippen LogP contribution in [-0.2, 0) is 11.4 Å². The van der Waals surface area contributed by atoms with Gasteiger partial charge in [-0.15, -0.1) is 10.2 Å². The maximum Gasteiger partial charge on any atom is 0.233 e. The Bertz CT molecular complexity index is 1090. The summed E-state index contributed by atoms with van der Waals surface area (Å²) in [5, 5.41) is 10.0. The van der Waals surface area contributed by atoms with E-state index in [1.807, 2.05) is 64.9 Å². The molecule has 0 N–H and O–H groups in total. The summed E-state index contributed by atoms with van der Waals surface area (Å²) in [4.78, 5) is 14.8. The van der Waals surface area contributed by atoms with Gasteiger partial charge in [0.05, 0.1) is 12.4 Å². The molecule has 1 aromatic heterocycles. The number of ether oxygens (including phenoxy) is 2. The molecule has 0 bridgehead atoms. The van der Waals surface area contributed by atoms with Gasteiger partial charge in [0.1, 0.15) is 18.1 Å². The van der Waals surface area contributed by atoms with E-state index in [1.54, 1.807) is 0 Å². The highest BCUT2D eigenvalue weighted by Crippen LogP contribution is 2.26. The summed E-state index contributed by atoms with van der Waals surface area (Å²) in [5.74, 6) is 2.59. The first-order valence-electron chi connectivity index (χ1n) is 11.5. The molecule has 0 aliphatic carbocycles. The summed E-state index contributed by atoms with van der Waals surface area (Å²) < 4.78 is 13.4. The van der Waals surface area contributed by atoms with Gasteiger partial charge in [-0.2, -0.15) is 0 Å². The zero-order chi connectivity index (χ0) is 23.9. The third-order valence-electron chi connectivity index (χ3n) is 5.74. The Morgan fingerprint density at radius 1 is 1.06 bits per heavy atom. The van der Waals surface area contributed by atoms with Crippen molar-refractivity contribution in [2.24, 2.45) is 0 Å². The summed E-state index contributed by atoms with van der Waals surface area (Å²) in [6.45, 7) is 5.73. The van der Waals surface area contributed by atoms with Crippen LogP contribution in [0.1, 0.15) is 38.9 Å². The molecule has 1 unspecified atom stereocenters. The van der Waals surface area contributed by atoms with Crippen LogP contribution in [0.3, 0.4) is 0 Å². The minimum Gasteiger partial charge on any atom is -0.494 e. The molecule has 1 amide bonds. The van der Waals surface area contributed by atoms with E-state index in [-0.39, 0.29) is 18.6 Å². The lowest BCUT2D eigenvalue weighted by Gasteiger charge is -2.33. The van der Waals surface area contributed by atoms with E-state index in [2.05, 4.69) is 17.1 Å². The van der Waals surface area contributed by atoms with Gasteiger partial charge >= 0.3 is 0 Å². The van der Waals surface area contributed by atoms with Crippen molar-refractivity contribution in [2.75, 3.05) is 18.9 Å². The van der Waals surface area contributed by atoms with Crippen LogP contribution >= 0.6 is 23.4 Å². The molecule has 0 saturated carbocycles. The normalized spacial score (nSPS) is 15.9. The quantitative estimate of drug-likeness (QED) is 0.367. The maximum absolute atomic E-state index is 12.9. The summed E-state index contributed by atoms with van der Waals surface area (Å²) in [7, 11) is 0. The SMILES string of the molecule is CCOc1ccc(OCc2nnc(SCC(=O)N3CCCCC3C)n2-c2ccc(Cl)cc2)cc1. The molecular weight excluding hydrogens is 472 g/mol. The molecule has 7 nitrogen and oxygen atoms in total. The molecule has 9 heteroatoms. The van der Waals surface area contributed by atoms with Gasteiger partial charge in [-0.25, -0.2) is 0 Å². The van der Waals surface area contributed by atoms with Gasteiger partial charge in [-0.3, -0.25) is 9.36 Å². The van der Waals surface area contributed by atoms with Crippen molar-refractivity contribution in [1.29, 1.82) is 0 Å². The number of amides is 1. The van der Waals surface area contributed by atoms with Crippen LogP contribution in [0.15, 0.2) is 53.7 Å². The first kappa shape index (κ1) is 24.4. The Balaban J connectivity index is 1.50. The van der Waals surface area contributed by atoms with E-state index in [9.17, 15) is 4.79 Å². The number of thioether (sulfide) groups is 1. The van der Waals surface area contributed by atoms with Crippen molar-refractivity contribution in [2.45, 2.75) is 50.9 Å². The number of rotatable bonds is 9. The minimum atomic E-state index is 0.134. The highest BCUT2D eigenvalue weighted by molar-refractivity contribution is 7.99. The lowest BCUT2D eigenvalue weighted by Crippen LogP contribution is -2.42. The average molecular weight is 501 g/mol. The number of hydrogen-bond acceptors (Lipinski definition) is 6. The van der Waals surface area contributed by atoms with E-state index in [4.69, 9.17) is 21.1 Å². The molecule has 1 saturated heterocycles. The number of carbonyl (C=O) groups is 1. The molecule has 180 valence electrons. The van der Waals surface area contributed by atoms with Crippen LogP contribution in [0.5, 0.6) is 11.5 Å². The van der Waals surface area contributed by atoms with Gasteiger partial charge in [0.25, 0.3) is 0 Å². The van der Waals surface area contributed by atoms with Crippen molar-refractivity contribution >= 4 is 29.3 Å². The Labute approximate surface area is 209 Å². The lowest BCUT2D eigenvalue weighted by atomic mass is 10.0. The second kappa shape index (κ2) is 11.6. The summed E-state index contributed by atoms with van der Waals surface area (Å²) in [5.41, 5.74) is 0.862. The van der Waals surface area contributed by atoms with Crippen LogP contribution in [0.2, 0.25) is 5.02 Å². The fourth-order valence-corrected chi connectivity index (χ4v) is 4.94. The van der Waals surface area contributed by atoms with Crippen LogP contribution in [-0.4, -0.2) is 50.5 Å². The molecule has 0 spiro atoms. The molecular formula is C25H29ClN4O3S. The number of benzene rings is 2. The number of carbonyl (C=O) groups excluding carboxylic acids is 1. The predicted molar refractivity (Wildman–Crippen MR) is 134 cm³/mol. The first-order chi connectivity index (χ1) is 16.5. The average Bonchev–Trinajstić information content (AvgIpc) is 3.26. The van der Waals surface area contributed by atoms with Crippen molar-refractivity contribution in [1.82, 2.24) is 19.7 Å². The predicted octanol–water partition coefficient (Wildman–Crippen LogP) is 5.39. The third-order valence-corrected chi connectivity index (χ3v) is 6.90. The van der Waals surface area contributed by atoms with Gasteiger partial charge in [0.15, 0.2) is 11.0 Å². The Kier molecular flexibility index (Phi) is 8.34. The monoisotopic (exact) mass is 500 g/mol. The Morgan fingerprint density at radius 2 is 1.76 bits per heavy atom. The number of hydrogen-bond donors (Lipinski definition) is 0. The molecule has 3 aromatic rings. The number of halogens is 1. The highest BCUT2D eigenvalue weighted by atomic mass is 35.5. The van der Waals surface area contributed by atoms with Gasteiger partial charge < -0.3 is 14.4 Å². The standard InChI is InChI=1S/C25H29ClN4O3S/c1-3-32-21-11-13-22(14-12-21)33-16-23-27-28-25(30(23)20-9-7-19(26)8-10-20)34-17-24(31)29-15-5-4-6-18(29)2/h7-14,18H,3-6,15-17H2,1-2H3. The highest BCUT2D eigenvalue weighted by Gasteiger charge is 2.24. The maximum atomic E-state index is 12.9. The fraction of sp³-hybridized carbons (Fsp3) is 0.400. The number of aromatic nitrogens is 3. The summed E-state index contributed by atoms with van der Waals surface area (Å²) in [6.07, 6.45) is 3.31. The Morgan fingerprint density at radius 3 is 2.44 bits per heavy atom. The zero-order valence-electron chi connectivity index (χ0n) is 19.4. The van der Waals surface area contributed by atoms with Gasteiger partial charge in [0, 0.05) is 23.3 Å². The lowest BCUT2D eigenvalue weighted by molar-refractivity contribution is -0.131. The molecule has 1 fully saturated rings. The molecule has 2 heterocycles. The second-order valence-corrected chi connectivity index (χ2v) is 9.50. The van der Waals surface area contributed by atoms with E-state index in [1.165, 1.54) is 18.2 Å². The van der Waals surface area contributed by atoms with Crippen molar-refractivity contribution in [3.05, 3.63) is 59.4 Å². The number of nitrogens with zero attached hydrogens (tertiary/aromatic N) is 4. The summed E-state index contributed by atoms with van der Waals surface area (Å²) >= 11 is 7.49. The molecule has 34 heavy (non-hydrogen) atoms. The largest absolute Gasteiger partial charge is 0.494 e. The molecule has 1 aliphatic heterocycles. The topological polar surface area (TPSA) is 69.5 Å². The van der Waals surface area contributed by atoms with E-state index >= 15 is 0 Å².